The van der Waals surface area contributed by atoms with Crippen LogP contribution in [0.2, 0.25) is 0 Å². The topological polar surface area (TPSA) is 67.7 Å². The molecule has 0 spiro atoms. The Balaban J connectivity index is 1.39. The molecular weight excluding hydrogens is 368 g/mol. The molecule has 3 heterocycles. The van der Waals surface area contributed by atoms with Crippen molar-refractivity contribution < 1.29 is 9.53 Å². The van der Waals surface area contributed by atoms with E-state index in [0.29, 0.717) is 13.1 Å². The molecule has 1 atom stereocenters. The van der Waals surface area contributed by atoms with Crippen LogP contribution in [0.15, 0.2) is 41.3 Å². The van der Waals surface area contributed by atoms with Gasteiger partial charge in [0.25, 0.3) is 11.5 Å². The van der Waals surface area contributed by atoms with Crippen LogP contribution in [0.25, 0.3) is 0 Å². The van der Waals surface area contributed by atoms with Gasteiger partial charge in [0.1, 0.15) is 5.75 Å². The highest BCUT2D eigenvalue weighted by molar-refractivity contribution is 5.78. The highest BCUT2D eigenvalue weighted by Gasteiger charge is 2.27. The molecule has 7 heteroatoms. The van der Waals surface area contributed by atoms with E-state index in [1.54, 1.807) is 17.2 Å². The number of aryl methyl sites for hydroxylation is 1. The van der Waals surface area contributed by atoms with Crippen LogP contribution >= 0.6 is 0 Å². The number of aromatic nitrogens is 2. The molecular formula is C22H28N4O3. The van der Waals surface area contributed by atoms with Gasteiger partial charge in [-0.15, -0.1) is 0 Å². The molecule has 4 rings (SSSR count). The lowest BCUT2D eigenvalue weighted by atomic mass is 10.1. The largest absolute Gasteiger partial charge is 0.483 e. The standard InChI is InChI=1S/C22H28N4O3/c1-2-17-7-3-4-9-20(17)29-16-22(28)25-10-5-8-18(15-25)26-21(27)13-19(14-23-26)24-11-6-12-24/h3-4,7,9,13-14,18H,2,5-6,8,10-12,15-16H2,1H3/t18-/m0/s1. The quantitative estimate of drug-likeness (QED) is 0.749. The number of carbonyl (C=O) groups excluding carboxylic acids is 1. The van der Waals surface area contributed by atoms with Gasteiger partial charge in [-0.05, 0) is 37.3 Å². The van der Waals surface area contributed by atoms with Gasteiger partial charge in [-0.2, -0.15) is 5.10 Å². The first kappa shape index (κ1) is 19.5. The van der Waals surface area contributed by atoms with Crippen molar-refractivity contribution in [3.63, 3.8) is 0 Å². The first-order chi connectivity index (χ1) is 14.2. The number of hydrogen-bond acceptors (Lipinski definition) is 5. The summed E-state index contributed by atoms with van der Waals surface area (Å²) in [6, 6.07) is 9.37. The summed E-state index contributed by atoms with van der Waals surface area (Å²) in [5, 5.41) is 4.41. The Kier molecular flexibility index (Phi) is 5.83. The maximum absolute atomic E-state index is 12.7. The van der Waals surface area contributed by atoms with E-state index in [0.717, 1.165) is 55.8 Å². The fourth-order valence-electron chi connectivity index (χ4n) is 3.98. The van der Waals surface area contributed by atoms with Gasteiger partial charge in [0.05, 0.1) is 17.9 Å². The Morgan fingerprint density at radius 1 is 1.21 bits per heavy atom. The second-order valence-corrected chi connectivity index (χ2v) is 7.72. The van der Waals surface area contributed by atoms with Crippen LogP contribution in [-0.2, 0) is 11.2 Å². The molecule has 0 radical (unpaired) electrons. The third kappa shape index (κ3) is 4.28. The molecule has 2 aliphatic rings. The number of benzene rings is 1. The number of para-hydroxylation sites is 1. The highest BCUT2D eigenvalue weighted by atomic mass is 16.5. The Bertz CT molecular complexity index is 922. The summed E-state index contributed by atoms with van der Waals surface area (Å²) in [6.07, 6.45) is 5.49. The number of hydrogen-bond donors (Lipinski definition) is 0. The zero-order valence-corrected chi connectivity index (χ0v) is 16.9. The summed E-state index contributed by atoms with van der Waals surface area (Å²) in [7, 11) is 0. The van der Waals surface area contributed by atoms with Crippen LogP contribution in [0.3, 0.4) is 0 Å². The van der Waals surface area contributed by atoms with E-state index < -0.39 is 0 Å². The zero-order chi connectivity index (χ0) is 20.2. The number of rotatable bonds is 6. The molecule has 1 aromatic carbocycles. The Morgan fingerprint density at radius 2 is 2.03 bits per heavy atom. The predicted octanol–water partition coefficient (Wildman–Crippen LogP) is 2.26. The predicted molar refractivity (Wildman–Crippen MR) is 111 cm³/mol. The second kappa shape index (κ2) is 8.68. The number of likely N-dealkylation sites (tertiary alicyclic amines) is 1. The molecule has 2 saturated heterocycles. The summed E-state index contributed by atoms with van der Waals surface area (Å²) >= 11 is 0. The third-order valence-electron chi connectivity index (χ3n) is 5.83. The van der Waals surface area contributed by atoms with E-state index >= 15 is 0 Å². The monoisotopic (exact) mass is 396 g/mol. The van der Waals surface area contributed by atoms with Gasteiger partial charge in [-0.25, -0.2) is 4.68 Å². The summed E-state index contributed by atoms with van der Waals surface area (Å²) in [4.78, 5) is 29.2. The Labute approximate surface area is 170 Å². The number of anilines is 1. The van der Waals surface area contributed by atoms with Crippen molar-refractivity contribution >= 4 is 11.6 Å². The summed E-state index contributed by atoms with van der Waals surface area (Å²) in [6.45, 7) is 5.23. The minimum atomic E-state index is -0.0955. The molecule has 2 fully saturated rings. The number of nitrogens with zero attached hydrogens (tertiary/aromatic N) is 4. The van der Waals surface area contributed by atoms with Gasteiger partial charge in [0.2, 0.25) is 0 Å². The fourth-order valence-corrected chi connectivity index (χ4v) is 3.98. The average molecular weight is 396 g/mol. The maximum Gasteiger partial charge on any atom is 0.269 e. The first-order valence-corrected chi connectivity index (χ1v) is 10.5. The minimum Gasteiger partial charge on any atom is -0.483 e. The minimum absolute atomic E-state index is 0.0138. The fraction of sp³-hybridized carbons (Fsp3) is 0.500. The van der Waals surface area contributed by atoms with Crippen molar-refractivity contribution in [2.45, 2.75) is 38.6 Å². The third-order valence-corrected chi connectivity index (χ3v) is 5.83. The van der Waals surface area contributed by atoms with E-state index in [2.05, 4.69) is 16.9 Å². The molecule has 7 nitrogen and oxygen atoms in total. The Hall–Kier alpha value is -2.83. The van der Waals surface area contributed by atoms with E-state index in [1.165, 1.54) is 4.68 Å². The van der Waals surface area contributed by atoms with Gasteiger partial charge in [0.15, 0.2) is 6.61 Å². The number of carbonyl (C=O) groups is 1. The molecule has 29 heavy (non-hydrogen) atoms. The lowest BCUT2D eigenvalue weighted by Crippen LogP contribution is -2.45. The molecule has 1 amide bonds. The summed E-state index contributed by atoms with van der Waals surface area (Å²) in [5.41, 5.74) is 1.89. The van der Waals surface area contributed by atoms with E-state index in [4.69, 9.17) is 4.74 Å². The zero-order valence-electron chi connectivity index (χ0n) is 16.9. The van der Waals surface area contributed by atoms with Crippen LogP contribution in [0, 0.1) is 0 Å². The SMILES string of the molecule is CCc1ccccc1OCC(=O)N1CCC[C@H](n2ncc(N3CCC3)cc2=O)C1. The van der Waals surface area contributed by atoms with Crippen LogP contribution in [-0.4, -0.2) is 53.4 Å². The van der Waals surface area contributed by atoms with Gasteiger partial charge in [-0.1, -0.05) is 25.1 Å². The van der Waals surface area contributed by atoms with Gasteiger partial charge in [0, 0.05) is 32.2 Å². The van der Waals surface area contributed by atoms with E-state index in [-0.39, 0.29) is 24.1 Å². The van der Waals surface area contributed by atoms with Crippen molar-refractivity contribution in [2.75, 3.05) is 37.7 Å². The second-order valence-electron chi connectivity index (χ2n) is 7.72. The van der Waals surface area contributed by atoms with Crippen LogP contribution in [0.4, 0.5) is 5.69 Å². The molecule has 2 aliphatic heterocycles. The average Bonchev–Trinajstić information content (AvgIpc) is 2.71. The molecule has 0 saturated carbocycles. The number of ether oxygens (including phenoxy) is 1. The van der Waals surface area contributed by atoms with E-state index in [1.807, 2.05) is 24.3 Å². The number of amides is 1. The summed E-state index contributed by atoms with van der Waals surface area (Å²) < 4.78 is 7.33. The molecule has 154 valence electrons. The van der Waals surface area contributed by atoms with Crippen molar-refractivity contribution in [1.29, 1.82) is 0 Å². The number of piperidine rings is 1. The highest BCUT2D eigenvalue weighted by Crippen LogP contribution is 2.22. The van der Waals surface area contributed by atoms with Gasteiger partial charge >= 0.3 is 0 Å². The van der Waals surface area contributed by atoms with Crippen molar-refractivity contribution in [1.82, 2.24) is 14.7 Å². The molecule has 0 N–H and O–H groups in total. The van der Waals surface area contributed by atoms with Crippen LogP contribution in [0.1, 0.15) is 37.8 Å². The Morgan fingerprint density at radius 3 is 2.76 bits per heavy atom. The molecule has 0 unspecified atom stereocenters. The van der Waals surface area contributed by atoms with Crippen molar-refractivity contribution in [2.24, 2.45) is 0 Å². The molecule has 0 bridgehead atoms. The normalized spacial score (nSPS) is 19.0. The van der Waals surface area contributed by atoms with Crippen LogP contribution < -0.4 is 15.2 Å². The van der Waals surface area contributed by atoms with Gasteiger partial charge in [-0.3, -0.25) is 9.59 Å². The lowest BCUT2D eigenvalue weighted by molar-refractivity contribution is -0.135. The van der Waals surface area contributed by atoms with Crippen molar-refractivity contribution in [3.8, 4) is 5.75 Å². The van der Waals surface area contributed by atoms with E-state index in [9.17, 15) is 9.59 Å². The molecule has 2 aromatic rings. The summed E-state index contributed by atoms with van der Waals surface area (Å²) in [5.74, 6) is 0.710. The molecule has 1 aromatic heterocycles. The maximum atomic E-state index is 12.7. The van der Waals surface area contributed by atoms with Crippen LogP contribution in [0.5, 0.6) is 5.75 Å². The smallest absolute Gasteiger partial charge is 0.269 e. The van der Waals surface area contributed by atoms with Gasteiger partial charge < -0.3 is 14.5 Å². The van der Waals surface area contributed by atoms with Crippen molar-refractivity contribution in [3.05, 3.63) is 52.4 Å². The lowest BCUT2D eigenvalue weighted by Gasteiger charge is -2.34. The first-order valence-electron chi connectivity index (χ1n) is 10.5. The molecule has 0 aliphatic carbocycles.